The molecule has 0 aliphatic carbocycles. The number of nitrogens with one attached hydrogen (secondary N) is 1. The lowest BCUT2D eigenvalue weighted by atomic mass is 10.1. The largest absolute Gasteiger partial charge is 0.495 e. The van der Waals surface area contributed by atoms with Gasteiger partial charge in [0.2, 0.25) is 0 Å². The Morgan fingerprint density at radius 3 is 2.00 bits per heavy atom. The molecule has 1 aromatic rings. The van der Waals surface area contributed by atoms with Crippen molar-refractivity contribution in [3.8, 4) is 0 Å². The van der Waals surface area contributed by atoms with Gasteiger partial charge < -0.3 is 15.5 Å². The summed E-state index contributed by atoms with van der Waals surface area (Å²) in [4.78, 5) is 0. The summed E-state index contributed by atoms with van der Waals surface area (Å²) in [6.07, 6.45) is 5.29. The minimum Gasteiger partial charge on any atom is -0.495 e. The topological polar surface area (TPSA) is 52.5 Å². The van der Waals surface area contributed by atoms with Crippen LogP contribution in [0.5, 0.6) is 0 Å². The van der Waals surface area contributed by atoms with Crippen molar-refractivity contribution < 1.29 is 14.6 Å². The molecular formula is C20H38FNO2. The normalized spacial score (nSPS) is 9.83. The Kier molecular flexibility index (Phi) is 24.4. The van der Waals surface area contributed by atoms with Gasteiger partial charge in [0.1, 0.15) is 5.82 Å². The predicted molar refractivity (Wildman–Crippen MR) is 104 cm³/mol. The van der Waals surface area contributed by atoms with Gasteiger partial charge in [-0.3, -0.25) is 0 Å². The van der Waals surface area contributed by atoms with Crippen LogP contribution in [0.15, 0.2) is 36.7 Å². The maximum Gasteiger partial charge on any atom is 0.176 e. The van der Waals surface area contributed by atoms with Gasteiger partial charge in [0.15, 0.2) is 5.88 Å². The molecule has 1 rings (SSSR count). The molecule has 0 aliphatic heterocycles. The molecule has 0 radical (unpaired) electrons. The van der Waals surface area contributed by atoms with Gasteiger partial charge >= 0.3 is 0 Å². The quantitative estimate of drug-likeness (QED) is 0.590. The van der Waals surface area contributed by atoms with E-state index in [1.807, 2.05) is 26.0 Å². The Morgan fingerprint density at radius 1 is 1.12 bits per heavy atom. The van der Waals surface area contributed by atoms with Crippen molar-refractivity contribution in [2.75, 3.05) is 7.11 Å². The van der Waals surface area contributed by atoms with Gasteiger partial charge in [-0.25, -0.2) is 4.39 Å². The number of hydrogen-bond acceptors (Lipinski definition) is 3. The van der Waals surface area contributed by atoms with E-state index in [0.29, 0.717) is 6.04 Å². The summed E-state index contributed by atoms with van der Waals surface area (Å²) in [5, 5.41) is 18.4. The van der Waals surface area contributed by atoms with E-state index in [-0.39, 0.29) is 11.7 Å². The molecule has 0 bridgehead atoms. The highest BCUT2D eigenvalue weighted by Gasteiger charge is 1.97. The van der Waals surface area contributed by atoms with Gasteiger partial charge in [0.05, 0.1) is 0 Å². The average molecular weight is 344 g/mol. The summed E-state index contributed by atoms with van der Waals surface area (Å²) in [6, 6.07) is 7.26. The molecule has 0 saturated carbocycles. The van der Waals surface area contributed by atoms with Crippen molar-refractivity contribution in [2.45, 2.75) is 72.8 Å². The molecular weight excluding hydrogens is 305 g/mol. The molecule has 0 saturated heterocycles. The van der Waals surface area contributed by atoms with Gasteiger partial charge in [-0.1, -0.05) is 65.2 Å². The van der Waals surface area contributed by atoms with E-state index in [2.05, 4.69) is 32.7 Å². The molecule has 3 nitrogen and oxygen atoms in total. The van der Waals surface area contributed by atoms with Crippen LogP contribution in [-0.2, 0) is 6.42 Å². The maximum absolute atomic E-state index is 12.8. The summed E-state index contributed by atoms with van der Waals surface area (Å²) in [5.74, 6) is -0.0136. The van der Waals surface area contributed by atoms with E-state index in [0.717, 1.165) is 38.4 Å². The van der Waals surface area contributed by atoms with Gasteiger partial charge in [0.25, 0.3) is 0 Å². The van der Waals surface area contributed by atoms with Crippen LogP contribution in [0, 0.1) is 5.82 Å². The Bertz CT molecular complexity index is 384. The Labute approximate surface area is 148 Å². The summed E-state index contributed by atoms with van der Waals surface area (Å²) >= 11 is 0. The zero-order valence-electron chi connectivity index (χ0n) is 16.4. The summed E-state index contributed by atoms with van der Waals surface area (Å²) in [7, 11) is 1.00. The number of halogens is 1. The Hall–Kier alpha value is -1.55. The van der Waals surface area contributed by atoms with E-state index in [9.17, 15) is 4.39 Å². The van der Waals surface area contributed by atoms with Crippen LogP contribution in [0.2, 0.25) is 0 Å². The zero-order chi connectivity index (χ0) is 19.4. The lowest BCUT2D eigenvalue weighted by Gasteiger charge is -2.11. The minimum absolute atomic E-state index is 0.0657. The van der Waals surface area contributed by atoms with Crippen LogP contribution >= 0.6 is 0 Å². The molecule has 1 unspecified atom stereocenters. The molecule has 1 aromatic carbocycles. The molecule has 0 amide bonds. The van der Waals surface area contributed by atoms with Crippen molar-refractivity contribution in [3.63, 3.8) is 0 Å². The van der Waals surface area contributed by atoms with Crippen molar-refractivity contribution >= 4 is 0 Å². The fraction of sp³-hybridized carbons (Fsp3) is 0.600. The third kappa shape index (κ3) is 20.5. The van der Waals surface area contributed by atoms with Crippen LogP contribution in [-0.4, -0.2) is 23.4 Å². The highest BCUT2D eigenvalue weighted by Crippen LogP contribution is 2.07. The Morgan fingerprint density at radius 2 is 1.62 bits per heavy atom. The SMILES string of the molecule is C=C(O)NC(C)CCC.CCC.CCCc1ccccc1F.CO. The second-order valence-electron chi connectivity index (χ2n) is 5.33. The number of benzene rings is 1. The number of rotatable bonds is 6. The van der Waals surface area contributed by atoms with Crippen LogP contribution in [0.4, 0.5) is 4.39 Å². The van der Waals surface area contributed by atoms with Gasteiger partial charge in [-0.05, 0) is 38.0 Å². The lowest BCUT2D eigenvalue weighted by molar-refractivity contribution is 0.342. The third-order valence-electron chi connectivity index (χ3n) is 2.61. The van der Waals surface area contributed by atoms with Gasteiger partial charge in [-0.15, -0.1) is 0 Å². The van der Waals surface area contributed by atoms with Gasteiger partial charge in [-0.2, -0.15) is 0 Å². The molecule has 3 N–H and O–H groups in total. The molecule has 24 heavy (non-hydrogen) atoms. The van der Waals surface area contributed by atoms with E-state index in [1.54, 1.807) is 6.07 Å². The van der Waals surface area contributed by atoms with Crippen LogP contribution in [0.3, 0.4) is 0 Å². The summed E-state index contributed by atoms with van der Waals surface area (Å²) < 4.78 is 12.8. The zero-order valence-corrected chi connectivity index (χ0v) is 16.4. The van der Waals surface area contributed by atoms with Gasteiger partial charge in [0, 0.05) is 13.2 Å². The minimum atomic E-state index is -0.0793. The van der Waals surface area contributed by atoms with Crippen LogP contribution in [0.1, 0.15) is 65.9 Å². The fourth-order valence-electron chi connectivity index (χ4n) is 1.76. The first-order valence-electron chi connectivity index (χ1n) is 8.75. The number of hydrogen-bond donors (Lipinski definition) is 3. The molecule has 142 valence electrons. The maximum atomic E-state index is 12.8. The van der Waals surface area contributed by atoms with E-state index >= 15 is 0 Å². The molecule has 0 aromatic heterocycles. The summed E-state index contributed by atoms with van der Waals surface area (Å²) in [6.45, 7) is 13.7. The van der Waals surface area contributed by atoms with E-state index in [4.69, 9.17) is 10.2 Å². The smallest absolute Gasteiger partial charge is 0.176 e. The highest BCUT2D eigenvalue weighted by atomic mass is 19.1. The summed E-state index contributed by atoms with van der Waals surface area (Å²) in [5.41, 5.74) is 0.824. The first kappa shape index (κ1) is 27.3. The number of aliphatic hydroxyl groups excluding tert-OH is 2. The fourth-order valence-corrected chi connectivity index (χ4v) is 1.76. The molecule has 0 heterocycles. The van der Waals surface area contributed by atoms with Crippen LogP contribution in [0.25, 0.3) is 0 Å². The molecule has 0 fully saturated rings. The second kappa shape index (κ2) is 21.4. The number of aliphatic hydroxyl groups is 2. The highest BCUT2D eigenvalue weighted by molar-refractivity contribution is 5.16. The first-order chi connectivity index (χ1) is 11.4. The van der Waals surface area contributed by atoms with Crippen LogP contribution < -0.4 is 5.32 Å². The monoisotopic (exact) mass is 343 g/mol. The average Bonchev–Trinajstić information content (AvgIpc) is 2.53. The van der Waals surface area contributed by atoms with Crippen molar-refractivity contribution in [1.29, 1.82) is 0 Å². The third-order valence-corrected chi connectivity index (χ3v) is 2.61. The van der Waals surface area contributed by atoms with Crippen molar-refractivity contribution in [2.24, 2.45) is 0 Å². The predicted octanol–water partition coefficient (Wildman–Crippen LogP) is 5.60. The number of aryl methyl sites for hydroxylation is 1. The lowest BCUT2D eigenvalue weighted by Crippen LogP contribution is -2.24. The first-order valence-corrected chi connectivity index (χ1v) is 8.75. The second-order valence-corrected chi connectivity index (χ2v) is 5.33. The molecule has 0 aliphatic rings. The molecule has 0 spiro atoms. The van der Waals surface area contributed by atoms with Crippen molar-refractivity contribution in [3.05, 3.63) is 48.1 Å². The van der Waals surface area contributed by atoms with Crippen molar-refractivity contribution in [1.82, 2.24) is 5.32 Å². The standard InChI is InChI=1S/C9H11F.C7H15NO.C3H8.CH4O/c1-2-5-8-6-3-4-7-9(8)10;1-4-5-6(2)8-7(3)9;1-3-2;1-2/h3-4,6-7H,2,5H2,1H3;6,8-9H,3-5H2,1-2H3;3H2,1-2H3;2H,1H3. The van der Waals surface area contributed by atoms with E-state index in [1.165, 1.54) is 12.5 Å². The Balaban J connectivity index is -0.000000292. The molecule has 4 heteroatoms. The van der Waals surface area contributed by atoms with E-state index < -0.39 is 0 Å². The molecule has 1 atom stereocenters.